The van der Waals surface area contributed by atoms with Crippen molar-refractivity contribution in [2.75, 3.05) is 13.7 Å². The lowest BCUT2D eigenvalue weighted by Gasteiger charge is -2.28. The van der Waals surface area contributed by atoms with Crippen LogP contribution >= 0.6 is 0 Å². The monoisotopic (exact) mass is 262 g/mol. The Morgan fingerprint density at radius 2 is 2.00 bits per heavy atom. The first-order chi connectivity index (χ1) is 9.11. The molecule has 1 aromatic carbocycles. The second-order valence-electron chi connectivity index (χ2n) is 4.63. The Kier molecular flexibility index (Phi) is 4.16. The summed E-state index contributed by atoms with van der Waals surface area (Å²) in [5, 5.41) is 0. The normalized spacial score (nSPS) is 19.7. The summed E-state index contributed by atoms with van der Waals surface area (Å²) >= 11 is 0. The lowest BCUT2D eigenvalue weighted by atomic mass is 10.0. The first kappa shape index (κ1) is 13.5. The fourth-order valence-electron chi connectivity index (χ4n) is 2.13. The van der Waals surface area contributed by atoms with Gasteiger partial charge >= 0.3 is 0 Å². The lowest BCUT2D eigenvalue weighted by molar-refractivity contribution is -0.149. The number of methoxy groups -OCH3 is 1. The number of likely N-dealkylation sites (tertiary alicyclic amines) is 1. The quantitative estimate of drug-likeness (QED) is 0.811. The van der Waals surface area contributed by atoms with Gasteiger partial charge in [0.05, 0.1) is 13.2 Å². The molecule has 102 valence electrons. The molecule has 1 atom stereocenters. The molecule has 1 saturated heterocycles. The molecule has 0 aromatic heterocycles. The highest BCUT2D eigenvalue weighted by atomic mass is 16.5. The van der Waals surface area contributed by atoms with E-state index in [9.17, 15) is 9.59 Å². The SMILES string of the molecule is COc1ccc(CCN2C(=O)CC[C@H](N)C2=O)cc1. The average Bonchev–Trinajstić information content (AvgIpc) is 2.44. The summed E-state index contributed by atoms with van der Waals surface area (Å²) in [6.45, 7) is 0.387. The number of piperidine rings is 1. The molecule has 5 heteroatoms. The minimum atomic E-state index is -0.534. The molecule has 2 amide bonds. The highest BCUT2D eigenvalue weighted by molar-refractivity contribution is 6.00. The number of carbonyl (C=O) groups is 2. The minimum Gasteiger partial charge on any atom is -0.497 e. The number of benzene rings is 1. The van der Waals surface area contributed by atoms with Crippen molar-refractivity contribution in [1.29, 1.82) is 0 Å². The van der Waals surface area contributed by atoms with Crippen molar-refractivity contribution >= 4 is 11.8 Å². The zero-order valence-corrected chi connectivity index (χ0v) is 11.0. The van der Waals surface area contributed by atoms with Crippen LogP contribution in [0.2, 0.25) is 0 Å². The van der Waals surface area contributed by atoms with Gasteiger partial charge in [0, 0.05) is 13.0 Å². The predicted molar refractivity (Wildman–Crippen MR) is 70.6 cm³/mol. The maximum atomic E-state index is 11.8. The maximum absolute atomic E-state index is 11.8. The number of rotatable bonds is 4. The number of nitrogens with zero attached hydrogens (tertiary/aromatic N) is 1. The average molecular weight is 262 g/mol. The number of ether oxygens (including phenoxy) is 1. The summed E-state index contributed by atoms with van der Waals surface area (Å²) in [6, 6.07) is 7.05. The molecule has 2 N–H and O–H groups in total. The highest BCUT2D eigenvalue weighted by Gasteiger charge is 2.31. The van der Waals surface area contributed by atoms with Crippen LogP contribution in [0.1, 0.15) is 18.4 Å². The van der Waals surface area contributed by atoms with Crippen LogP contribution in [0.5, 0.6) is 5.75 Å². The molecule has 0 bridgehead atoms. The summed E-state index contributed by atoms with van der Waals surface area (Å²) < 4.78 is 5.08. The van der Waals surface area contributed by atoms with Crippen LogP contribution in [-0.2, 0) is 16.0 Å². The van der Waals surface area contributed by atoms with Crippen LogP contribution < -0.4 is 10.5 Å². The molecule has 19 heavy (non-hydrogen) atoms. The van der Waals surface area contributed by atoms with E-state index in [0.29, 0.717) is 25.8 Å². The third kappa shape index (κ3) is 3.12. The lowest BCUT2D eigenvalue weighted by Crippen LogP contribution is -2.51. The van der Waals surface area contributed by atoms with Crippen LogP contribution in [0.15, 0.2) is 24.3 Å². The molecule has 5 nitrogen and oxygen atoms in total. The van der Waals surface area contributed by atoms with Crippen molar-refractivity contribution in [3.05, 3.63) is 29.8 Å². The van der Waals surface area contributed by atoms with E-state index in [1.807, 2.05) is 24.3 Å². The number of nitrogens with two attached hydrogens (primary N) is 1. The van der Waals surface area contributed by atoms with Crippen molar-refractivity contribution in [2.45, 2.75) is 25.3 Å². The highest BCUT2D eigenvalue weighted by Crippen LogP contribution is 2.15. The van der Waals surface area contributed by atoms with Gasteiger partial charge in [0.25, 0.3) is 0 Å². The standard InChI is InChI=1S/C14H18N2O3/c1-19-11-4-2-10(3-5-11)8-9-16-13(17)7-6-12(15)14(16)18/h2-5,12H,6-9,15H2,1H3/t12-/m0/s1. The van der Waals surface area contributed by atoms with E-state index < -0.39 is 6.04 Å². The van der Waals surface area contributed by atoms with Crippen molar-refractivity contribution in [3.63, 3.8) is 0 Å². The fraction of sp³-hybridized carbons (Fsp3) is 0.429. The van der Waals surface area contributed by atoms with Gasteiger partial charge in [-0.15, -0.1) is 0 Å². The Morgan fingerprint density at radius 3 is 2.63 bits per heavy atom. The van der Waals surface area contributed by atoms with E-state index in [0.717, 1.165) is 11.3 Å². The van der Waals surface area contributed by atoms with Gasteiger partial charge in [-0.2, -0.15) is 0 Å². The van der Waals surface area contributed by atoms with E-state index in [1.165, 1.54) is 4.90 Å². The Labute approximate surface area is 112 Å². The van der Waals surface area contributed by atoms with Crippen LogP contribution in [-0.4, -0.2) is 36.4 Å². The maximum Gasteiger partial charge on any atom is 0.246 e. The largest absolute Gasteiger partial charge is 0.497 e. The Balaban J connectivity index is 1.96. The van der Waals surface area contributed by atoms with Gasteiger partial charge in [0.15, 0.2) is 0 Å². The molecule has 1 aromatic rings. The van der Waals surface area contributed by atoms with Gasteiger partial charge in [-0.1, -0.05) is 12.1 Å². The zero-order chi connectivity index (χ0) is 13.8. The van der Waals surface area contributed by atoms with Gasteiger partial charge in [-0.3, -0.25) is 14.5 Å². The van der Waals surface area contributed by atoms with E-state index in [-0.39, 0.29) is 11.8 Å². The molecule has 0 unspecified atom stereocenters. The molecule has 2 rings (SSSR count). The molecule has 1 aliphatic rings. The number of hydrogen-bond acceptors (Lipinski definition) is 4. The van der Waals surface area contributed by atoms with Crippen molar-refractivity contribution < 1.29 is 14.3 Å². The number of amides is 2. The third-order valence-electron chi connectivity index (χ3n) is 3.34. The van der Waals surface area contributed by atoms with Gasteiger partial charge in [-0.25, -0.2) is 0 Å². The number of carbonyl (C=O) groups excluding carboxylic acids is 2. The summed E-state index contributed by atoms with van der Waals surface area (Å²) in [6.07, 6.45) is 1.44. The van der Waals surface area contributed by atoms with Crippen molar-refractivity contribution in [2.24, 2.45) is 5.73 Å². The summed E-state index contributed by atoms with van der Waals surface area (Å²) in [5.74, 6) is 0.404. The van der Waals surface area contributed by atoms with E-state index in [1.54, 1.807) is 7.11 Å². The second-order valence-corrected chi connectivity index (χ2v) is 4.63. The molecular weight excluding hydrogens is 244 g/mol. The molecule has 1 fully saturated rings. The first-order valence-electron chi connectivity index (χ1n) is 6.34. The van der Waals surface area contributed by atoms with Crippen molar-refractivity contribution in [1.82, 2.24) is 4.90 Å². The Bertz CT molecular complexity index is 470. The summed E-state index contributed by atoms with van der Waals surface area (Å²) in [4.78, 5) is 24.8. The zero-order valence-electron chi connectivity index (χ0n) is 11.0. The first-order valence-corrected chi connectivity index (χ1v) is 6.34. The molecular formula is C14H18N2O3. The van der Waals surface area contributed by atoms with Gasteiger partial charge in [-0.05, 0) is 30.5 Å². The molecule has 0 aliphatic carbocycles. The minimum absolute atomic E-state index is 0.125. The van der Waals surface area contributed by atoms with Crippen LogP contribution in [0.3, 0.4) is 0 Å². The summed E-state index contributed by atoms with van der Waals surface area (Å²) in [7, 11) is 1.61. The Hall–Kier alpha value is -1.88. The van der Waals surface area contributed by atoms with E-state index in [2.05, 4.69) is 0 Å². The fourth-order valence-corrected chi connectivity index (χ4v) is 2.13. The third-order valence-corrected chi connectivity index (χ3v) is 3.34. The molecule has 1 aliphatic heterocycles. The van der Waals surface area contributed by atoms with Crippen LogP contribution in [0.4, 0.5) is 0 Å². The van der Waals surface area contributed by atoms with Crippen LogP contribution in [0.25, 0.3) is 0 Å². The van der Waals surface area contributed by atoms with E-state index in [4.69, 9.17) is 10.5 Å². The molecule has 0 radical (unpaired) electrons. The smallest absolute Gasteiger partial charge is 0.246 e. The van der Waals surface area contributed by atoms with Crippen molar-refractivity contribution in [3.8, 4) is 5.75 Å². The molecule has 0 spiro atoms. The summed E-state index contributed by atoms with van der Waals surface area (Å²) in [5.41, 5.74) is 6.73. The molecule has 0 saturated carbocycles. The van der Waals surface area contributed by atoms with Gasteiger partial charge in [0.1, 0.15) is 5.75 Å². The van der Waals surface area contributed by atoms with E-state index >= 15 is 0 Å². The predicted octanol–water partition coefficient (Wildman–Crippen LogP) is 0.714. The molecule has 1 heterocycles. The topological polar surface area (TPSA) is 72.6 Å². The van der Waals surface area contributed by atoms with Gasteiger partial charge < -0.3 is 10.5 Å². The van der Waals surface area contributed by atoms with Crippen LogP contribution in [0, 0.1) is 0 Å². The van der Waals surface area contributed by atoms with Gasteiger partial charge in [0.2, 0.25) is 11.8 Å². The number of hydrogen-bond donors (Lipinski definition) is 1. The second kappa shape index (κ2) is 5.84. The number of imide groups is 1. The Morgan fingerprint density at radius 1 is 1.32 bits per heavy atom.